The fraction of sp³-hybridized carbons (Fsp3) is 0.854. The van der Waals surface area contributed by atoms with Crippen LogP contribution in [-0.2, 0) is 28.7 Å². The van der Waals surface area contributed by atoms with Gasteiger partial charge in [0.25, 0.3) is 0 Å². The van der Waals surface area contributed by atoms with Crippen LogP contribution in [0, 0.1) is 62.6 Å². The minimum Gasteiger partial charge on any atom is -0.481 e. The van der Waals surface area contributed by atoms with Gasteiger partial charge in [0.15, 0.2) is 5.78 Å². The number of piperidine rings is 1. The van der Waals surface area contributed by atoms with Crippen molar-refractivity contribution in [2.24, 2.45) is 62.6 Å². The first kappa shape index (κ1) is 43.3. The maximum absolute atomic E-state index is 14.4. The standard InChI is InChI=1S/C48H75N3O7/c1-28(2)37-32(52)26-48(50-41(57)44(7,8)49-36(53)27-51-23-13-12-14-24-51)22-21-46(10)29(38(37)48)15-16-34-45(9)19-18-35(43(5,6)33(45)17-20-47(34,46)11)58-40(56)31-25-30(39(54)55)42(31,3)4/h28-31,33-35H,12-27H2,1-11H3,(H,49,53)(H,50,57)(H,54,55)/t29-,30+,31-,33+,34-,35+,45+,46-,47-,48-/m1/s1. The number of carbonyl (C=O) groups excluding carboxylic acids is 4. The molecule has 1 aliphatic heterocycles. The molecule has 0 bridgehead atoms. The number of allylic oxidation sites excluding steroid dienone is 1. The number of carbonyl (C=O) groups is 5. The Kier molecular flexibility index (Phi) is 10.8. The van der Waals surface area contributed by atoms with Gasteiger partial charge in [0, 0.05) is 11.8 Å². The highest BCUT2D eigenvalue weighted by Crippen LogP contribution is 2.76. The van der Waals surface area contributed by atoms with Gasteiger partial charge in [-0.3, -0.25) is 28.9 Å². The number of hydrogen-bond acceptors (Lipinski definition) is 7. The summed E-state index contributed by atoms with van der Waals surface area (Å²) >= 11 is 0. The van der Waals surface area contributed by atoms with E-state index in [0.29, 0.717) is 31.2 Å². The van der Waals surface area contributed by atoms with Crippen molar-refractivity contribution < 1.29 is 33.8 Å². The molecule has 2 amide bonds. The van der Waals surface area contributed by atoms with Gasteiger partial charge in [-0.15, -0.1) is 0 Å². The molecule has 0 aromatic carbocycles. The minimum atomic E-state index is -1.14. The first-order chi connectivity index (χ1) is 26.9. The van der Waals surface area contributed by atoms with Gasteiger partial charge in [0.05, 0.1) is 23.9 Å². The lowest BCUT2D eigenvalue weighted by Crippen LogP contribution is -2.68. The molecule has 5 saturated carbocycles. The predicted octanol–water partition coefficient (Wildman–Crippen LogP) is 7.88. The number of Topliss-reactive ketones (excluding diaryl/α,β-unsaturated/α-hetero) is 1. The summed E-state index contributed by atoms with van der Waals surface area (Å²) in [5.41, 5.74) is -0.697. The number of esters is 1. The molecule has 1 saturated heterocycles. The van der Waals surface area contributed by atoms with E-state index in [-0.39, 0.29) is 69.6 Å². The van der Waals surface area contributed by atoms with E-state index in [9.17, 15) is 29.1 Å². The summed E-state index contributed by atoms with van der Waals surface area (Å²) in [6.45, 7) is 25.8. The van der Waals surface area contributed by atoms with Gasteiger partial charge >= 0.3 is 11.9 Å². The van der Waals surface area contributed by atoms with E-state index >= 15 is 0 Å². The van der Waals surface area contributed by atoms with Crippen molar-refractivity contribution in [1.29, 1.82) is 0 Å². The Morgan fingerprint density at radius 3 is 2.12 bits per heavy atom. The third-order valence-electron chi connectivity index (χ3n) is 18.7. The van der Waals surface area contributed by atoms with Gasteiger partial charge in [-0.2, -0.15) is 0 Å². The van der Waals surface area contributed by atoms with Crippen LogP contribution in [0.15, 0.2) is 11.1 Å². The molecule has 3 N–H and O–H groups in total. The SMILES string of the molecule is CC(C)C1=C2[C@H]3CC[C@@H]4[C@@]5(C)CC[C@H](OC(=O)[C@H]6C[C@@H](C(=O)O)C6(C)C)C(C)(C)[C@@H]5CC[C@@]4(C)[C@]3(C)CC[C@@]2(NC(=O)C(C)(C)NC(=O)CN2CCCCC2)CC1=O. The summed E-state index contributed by atoms with van der Waals surface area (Å²) in [4.78, 5) is 69.4. The summed E-state index contributed by atoms with van der Waals surface area (Å²) < 4.78 is 6.42. The van der Waals surface area contributed by atoms with Crippen LogP contribution >= 0.6 is 0 Å². The molecule has 0 aromatic heterocycles. The highest BCUT2D eigenvalue weighted by atomic mass is 16.5. The van der Waals surface area contributed by atoms with Gasteiger partial charge in [-0.05, 0) is 154 Å². The molecule has 0 spiro atoms. The van der Waals surface area contributed by atoms with Crippen LogP contribution < -0.4 is 10.6 Å². The number of nitrogens with one attached hydrogen (secondary N) is 2. The molecule has 7 rings (SSSR count). The fourth-order valence-electron chi connectivity index (χ4n) is 15.0. The summed E-state index contributed by atoms with van der Waals surface area (Å²) in [6.07, 6.45) is 11.3. The van der Waals surface area contributed by atoms with Gasteiger partial charge < -0.3 is 20.5 Å². The Hall–Kier alpha value is -2.75. The monoisotopic (exact) mass is 806 g/mol. The lowest BCUT2D eigenvalue weighted by Gasteiger charge is -2.72. The van der Waals surface area contributed by atoms with Crippen molar-refractivity contribution in [1.82, 2.24) is 15.5 Å². The molecule has 0 aromatic rings. The second-order valence-corrected chi connectivity index (χ2v) is 23.0. The van der Waals surface area contributed by atoms with E-state index in [1.54, 1.807) is 13.8 Å². The number of ether oxygens (including phenoxy) is 1. The zero-order chi connectivity index (χ0) is 42.6. The molecule has 58 heavy (non-hydrogen) atoms. The smallest absolute Gasteiger partial charge is 0.309 e. The highest BCUT2D eigenvalue weighted by molar-refractivity contribution is 6.03. The maximum atomic E-state index is 14.4. The number of rotatable bonds is 9. The molecular weight excluding hydrogens is 731 g/mol. The summed E-state index contributed by atoms with van der Waals surface area (Å²) in [5.74, 6) is -1.19. The van der Waals surface area contributed by atoms with E-state index in [2.05, 4.69) is 64.0 Å². The predicted molar refractivity (Wildman–Crippen MR) is 223 cm³/mol. The van der Waals surface area contributed by atoms with Crippen molar-refractivity contribution in [2.75, 3.05) is 19.6 Å². The van der Waals surface area contributed by atoms with Crippen molar-refractivity contribution in [3.63, 3.8) is 0 Å². The molecule has 6 aliphatic carbocycles. The minimum absolute atomic E-state index is 0.00114. The maximum Gasteiger partial charge on any atom is 0.309 e. The fourth-order valence-corrected chi connectivity index (χ4v) is 15.0. The third-order valence-corrected chi connectivity index (χ3v) is 18.7. The van der Waals surface area contributed by atoms with Crippen molar-refractivity contribution in [3.8, 4) is 0 Å². The quantitative estimate of drug-likeness (QED) is 0.200. The number of amides is 2. The first-order valence-corrected chi connectivity index (χ1v) is 22.9. The molecule has 10 atom stereocenters. The van der Waals surface area contributed by atoms with Crippen molar-refractivity contribution in [3.05, 3.63) is 11.1 Å². The Labute approximate surface area is 348 Å². The molecule has 324 valence electrons. The number of carboxylic acids is 1. The number of nitrogens with zero attached hydrogens (tertiary/aromatic N) is 1. The van der Waals surface area contributed by atoms with E-state index in [0.717, 1.165) is 76.5 Å². The zero-order valence-corrected chi connectivity index (χ0v) is 37.7. The van der Waals surface area contributed by atoms with Crippen LogP contribution in [0.3, 0.4) is 0 Å². The molecule has 1 heterocycles. The van der Waals surface area contributed by atoms with E-state index in [1.807, 2.05) is 13.8 Å². The van der Waals surface area contributed by atoms with Crippen LogP contribution in [-0.4, -0.2) is 76.4 Å². The number of ketones is 1. The molecule has 6 fully saturated rings. The number of hydrogen-bond donors (Lipinski definition) is 3. The van der Waals surface area contributed by atoms with E-state index < -0.39 is 34.3 Å². The Morgan fingerprint density at radius 2 is 1.50 bits per heavy atom. The number of likely N-dealkylation sites (tertiary alicyclic amines) is 1. The van der Waals surface area contributed by atoms with Crippen LogP contribution in [0.25, 0.3) is 0 Å². The first-order valence-electron chi connectivity index (χ1n) is 22.9. The molecular formula is C48H75N3O7. The van der Waals surface area contributed by atoms with Gasteiger partial charge in [-0.1, -0.05) is 68.7 Å². The molecule has 0 radical (unpaired) electrons. The topological polar surface area (TPSA) is 142 Å². The summed E-state index contributed by atoms with van der Waals surface area (Å²) in [6, 6.07) is 0. The van der Waals surface area contributed by atoms with Crippen LogP contribution in [0.2, 0.25) is 0 Å². The number of aliphatic carboxylic acids is 1. The van der Waals surface area contributed by atoms with Crippen LogP contribution in [0.1, 0.15) is 160 Å². The van der Waals surface area contributed by atoms with E-state index in [4.69, 9.17) is 4.74 Å². The molecule has 10 heteroatoms. The number of carboxylic acid groups (broad SMARTS) is 1. The Morgan fingerprint density at radius 1 is 0.828 bits per heavy atom. The average Bonchev–Trinajstić information content (AvgIpc) is 3.41. The molecule has 7 aliphatic rings. The summed E-state index contributed by atoms with van der Waals surface area (Å²) in [7, 11) is 0. The molecule has 0 unspecified atom stereocenters. The second-order valence-electron chi connectivity index (χ2n) is 23.0. The highest BCUT2D eigenvalue weighted by Gasteiger charge is 2.71. The lowest BCUT2D eigenvalue weighted by molar-refractivity contribution is -0.235. The van der Waals surface area contributed by atoms with Gasteiger partial charge in [-0.25, -0.2) is 0 Å². The van der Waals surface area contributed by atoms with Gasteiger partial charge in [0.2, 0.25) is 11.8 Å². The average molecular weight is 806 g/mol. The second kappa shape index (κ2) is 14.4. The lowest BCUT2D eigenvalue weighted by atomic mass is 9.33. The third kappa shape index (κ3) is 6.53. The largest absolute Gasteiger partial charge is 0.481 e. The zero-order valence-electron chi connectivity index (χ0n) is 37.7. The Balaban J connectivity index is 1.11. The van der Waals surface area contributed by atoms with E-state index in [1.165, 1.54) is 12.0 Å². The van der Waals surface area contributed by atoms with Crippen molar-refractivity contribution in [2.45, 2.75) is 177 Å². The van der Waals surface area contributed by atoms with Crippen molar-refractivity contribution >= 4 is 29.5 Å². The van der Waals surface area contributed by atoms with Crippen LogP contribution in [0.5, 0.6) is 0 Å². The number of fused-ring (bicyclic) bond motifs is 7. The molecule has 10 nitrogen and oxygen atoms in total. The Bertz CT molecular complexity index is 1760. The van der Waals surface area contributed by atoms with Gasteiger partial charge in [0.1, 0.15) is 11.6 Å². The normalized spacial score (nSPS) is 40.7. The van der Waals surface area contributed by atoms with Crippen LogP contribution in [0.4, 0.5) is 0 Å². The summed E-state index contributed by atoms with van der Waals surface area (Å²) in [5, 5.41) is 16.2.